The van der Waals surface area contributed by atoms with Gasteiger partial charge in [-0.3, -0.25) is 0 Å². The minimum atomic E-state index is -0.505. The van der Waals surface area contributed by atoms with E-state index in [9.17, 15) is 10.2 Å². The molecule has 0 saturated heterocycles. The number of hydrogen-bond acceptors (Lipinski definition) is 2. The van der Waals surface area contributed by atoms with Crippen LogP contribution in [0.4, 0.5) is 0 Å². The summed E-state index contributed by atoms with van der Waals surface area (Å²) in [5.41, 5.74) is -0.505. The molecule has 3 fully saturated rings. The van der Waals surface area contributed by atoms with Crippen molar-refractivity contribution < 1.29 is 10.2 Å². The van der Waals surface area contributed by atoms with E-state index in [-0.39, 0.29) is 12.0 Å². The molecule has 2 N–H and O–H groups in total. The Labute approximate surface area is 91.7 Å². The summed E-state index contributed by atoms with van der Waals surface area (Å²) in [5.74, 6) is 1.17. The van der Waals surface area contributed by atoms with E-state index in [2.05, 4.69) is 0 Å². The summed E-state index contributed by atoms with van der Waals surface area (Å²) < 4.78 is 0. The topological polar surface area (TPSA) is 40.5 Å². The number of aliphatic hydroxyl groups is 2. The Morgan fingerprint density at radius 2 is 1.87 bits per heavy atom. The van der Waals surface area contributed by atoms with Crippen LogP contribution in [-0.2, 0) is 0 Å². The van der Waals surface area contributed by atoms with Gasteiger partial charge in [-0.25, -0.2) is 0 Å². The van der Waals surface area contributed by atoms with E-state index in [1.165, 1.54) is 25.7 Å². The van der Waals surface area contributed by atoms with E-state index in [0.717, 1.165) is 25.7 Å². The first-order valence-corrected chi connectivity index (χ1v) is 6.62. The van der Waals surface area contributed by atoms with Crippen molar-refractivity contribution in [3.8, 4) is 0 Å². The van der Waals surface area contributed by atoms with Crippen LogP contribution in [0.5, 0.6) is 0 Å². The second-order valence-corrected chi connectivity index (χ2v) is 5.96. The minimum Gasteiger partial charge on any atom is -0.392 e. The monoisotopic (exact) mass is 210 g/mol. The van der Waals surface area contributed by atoms with Crippen LogP contribution < -0.4 is 0 Å². The molecule has 3 aliphatic carbocycles. The molecule has 0 amide bonds. The SMILES string of the molecule is O[C@H]1C2CCCC1[C@]1(O)CCCCC1C2. The van der Waals surface area contributed by atoms with E-state index >= 15 is 0 Å². The first kappa shape index (κ1) is 10.1. The standard InChI is InChI=1S/C13H22O2/c14-12-9-4-3-6-11(12)13(15)7-2-1-5-10(13)8-9/h9-12,14-15H,1-8H2/t9?,10?,11?,12-,13-/m0/s1. The van der Waals surface area contributed by atoms with Crippen molar-refractivity contribution in [3.05, 3.63) is 0 Å². The molecular formula is C13H22O2. The van der Waals surface area contributed by atoms with Crippen LogP contribution in [0, 0.1) is 17.8 Å². The van der Waals surface area contributed by atoms with Crippen LogP contribution in [0.25, 0.3) is 0 Å². The van der Waals surface area contributed by atoms with Crippen molar-refractivity contribution in [1.29, 1.82) is 0 Å². The van der Waals surface area contributed by atoms with Crippen LogP contribution in [0.15, 0.2) is 0 Å². The summed E-state index contributed by atoms with van der Waals surface area (Å²) in [4.78, 5) is 0. The fourth-order valence-electron chi connectivity index (χ4n) is 4.50. The van der Waals surface area contributed by atoms with Crippen molar-refractivity contribution in [2.45, 2.75) is 63.1 Å². The van der Waals surface area contributed by atoms with Gasteiger partial charge in [0.05, 0.1) is 11.7 Å². The Kier molecular flexibility index (Phi) is 2.33. The summed E-state index contributed by atoms with van der Waals surface area (Å²) >= 11 is 0. The number of fused-ring (bicyclic) bond motifs is 4. The number of aliphatic hydroxyl groups excluding tert-OH is 1. The molecule has 0 heterocycles. The number of rotatable bonds is 0. The maximum atomic E-state index is 10.8. The van der Waals surface area contributed by atoms with Gasteiger partial charge in [0.15, 0.2) is 0 Å². The predicted octanol–water partition coefficient (Wildman–Crippen LogP) is 2.09. The molecular weight excluding hydrogens is 188 g/mol. The summed E-state index contributed by atoms with van der Waals surface area (Å²) in [6, 6.07) is 0. The summed E-state index contributed by atoms with van der Waals surface area (Å²) in [6.07, 6.45) is 8.87. The van der Waals surface area contributed by atoms with E-state index in [0.29, 0.717) is 11.8 Å². The Morgan fingerprint density at radius 1 is 1.00 bits per heavy atom. The van der Waals surface area contributed by atoms with E-state index in [1.54, 1.807) is 0 Å². The molecule has 0 aromatic carbocycles. The van der Waals surface area contributed by atoms with Gasteiger partial charge in [-0.1, -0.05) is 19.3 Å². The van der Waals surface area contributed by atoms with E-state index < -0.39 is 5.60 Å². The summed E-state index contributed by atoms with van der Waals surface area (Å²) in [7, 11) is 0. The van der Waals surface area contributed by atoms with Crippen molar-refractivity contribution in [3.63, 3.8) is 0 Å². The summed E-state index contributed by atoms with van der Waals surface area (Å²) in [5, 5.41) is 21.0. The van der Waals surface area contributed by atoms with Gasteiger partial charge in [-0.15, -0.1) is 0 Å². The van der Waals surface area contributed by atoms with Crippen LogP contribution in [0.3, 0.4) is 0 Å². The molecule has 2 nitrogen and oxygen atoms in total. The zero-order valence-corrected chi connectivity index (χ0v) is 9.36. The molecule has 0 spiro atoms. The molecule has 3 aliphatic rings. The van der Waals surface area contributed by atoms with Gasteiger partial charge in [-0.2, -0.15) is 0 Å². The predicted molar refractivity (Wildman–Crippen MR) is 58.4 cm³/mol. The highest BCUT2D eigenvalue weighted by molar-refractivity contribution is 5.05. The lowest BCUT2D eigenvalue weighted by Gasteiger charge is -2.55. The van der Waals surface area contributed by atoms with Gasteiger partial charge < -0.3 is 10.2 Å². The highest BCUT2D eigenvalue weighted by atomic mass is 16.3. The lowest BCUT2D eigenvalue weighted by atomic mass is 9.54. The van der Waals surface area contributed by atoms with Gasteiger partial charge in [0.2, 0.25) is 0 Å². The summed E-state index contributed by atoms with van der Waals surface area (Å²) in [6.45, 7) is 0. The fraction of sp³-hybridized carbons (Fsp3) is 1.00. The smallest absolute Gasteiger partial charge is 0.0728 e. The van der Waals surface area contributed by atoms with Crippen molar-refractivity contribution in [2.75, 3.05) is 0 Å². The second-order valence-electron chi connectivity index (χ2n) is 5.96. The molecule has 3 rings (SSSR count). The maximum absolute atomic E-state index is 10.8. The van der Waals surface area contributed by atoms with Crippen LogP contribution in [-0.4, -0.2) is 21.9 Å². The van der Waals surface area contributed by atoms with Crippen molar-refractivity contribution in [1.82, 2.24) is 0 Å². The highest BCUT2D eigenvalue weighted by Gasteiger charge is 2.54. The molecule has 0 aromatic heterocycles. The van der Waals surface area contributed by atoms with Crippen molar-refractivity contribution in [2.24, 2.45) is 17.8 Å². The third kappa shape index (κ3) is 1.38. The highest BCUT2D eigenvalue weighted by Crippen LogP contribution is 2.53. The van der Waals surface area contributed by atoms with Gasteiger partial charge in [0.1, 0.15) is 0 Å². The van der Waals surface area contributed by atoms with Crippen molar-refractivity contribution >= 4 is 0 Å². The van der Waals surface area contributed by atoms with Gasteiger partial charge in [-0.05, 0) is 43.9 Å². The lowest BCUT2D eigenvalue weighted by molar-refractivity contribution is -0.191. The Morgan fingerprint density at radius 3 is 2.73 bits per heavy atom. The lowest BCUT2D eigenvalue weighted by Crippen LogP contribution is -2.59. The second kappa shape index (κ2) is 3.46. The average Bonchev–Trinajstić information content (AvgIpc) is 2.21. The molecule has 0 aliphatic heterocycles. The van der Waals surface area contributed by atoms with Crippen LogP contribution in [0.2, 0.25) is 0 Å². The minimum absolute atomic E-state index is 0.190. The Balaban J connectivity index is 1.90. The average molecular weight is 210 g/mol. The molecule has 3 unspecified atom stereocenters. The zero-order valence-electron chi connectivity index (χ0n) is 9.36. The fourth-order valence-corrected chi connectivity index (χ4v) is 4.50. The first-order valence-electron chi connectivity index (χ1n) is 6.62. The maximum Gasteiger partial charge on any atom is 0.0728 e. The zero-order chi connectivity index (χ0) is 10.5. The first-order chi connectivity index (χ1) is 7.22. The molecule has 86 valence electrons. The van der Waals surface area contributed by atoms with Crippen LogP contribution >= 0.6 is 0 Å². The quantitative estimate of drug-likeness (QED) is 0.642. The van der Waals surface area contributed by atoms with Crippen LogP contribution in [0.1, 0.15) is 51.4 Å². The Hall–Kier alpha value is -0.0800. The third-order valence-corrected chi connectivity index (χ3v) is 5.30. The molecule has 15 heavy (non-hydrogen) atoms. The van der Waals surface area contributed by atoms with E-state index in [4.69, 9.17) is 0 Å². The van der Waals surface area contributed by atoms with Gasteiger partial charge >= 0.3 is 0 Å². The third-order valence-electron chi connectivity index (χ3n) is 5.30. The molecule has 2 bridgehead atoms. The molecule has 0 aromatic rings. The molecule has 3 saturated carbocycles. The number of hydrogen-bond donors (Lipinski definition) is 2. The molecule has 2 heteroatoms. The normalized spacial score (nSPS) is 54.8. The Bertz CT molecular complexity index is 253. The van der Waals surface area contributed by atoms with E-state index in [1.807, 2.05) is 0 Å². The molecule has 5 atom stereocenters. The van der Waals surface area contributed by atoms with Gasteiger partial charge in [0.25, 0.3) is 0 Å². The van der Waals surface area contributed by atoms with Gasteiger partial charge in [0, 0.05) is 5.92 Å². The largest absolute Gasteiger partial charge is 0.392 e. The molecule has 0 radical (unpaired) electrons.